The molecule has 2 heterocycles. The number of pyridine rings is 1. The Bertz CT molecular complexity index is 1010. The number of anilines is 3. The second kappa shape index (κ2) is 9.55. The first kappa shape index (κ1) is 21.4. The van der Waals surface area contributed by atoms with Crippen molar-refractivity contribution in [1.82, 2.24) is 15.0 Å². The van der Waals surface area contributed by atoms with Gasteiger partial charge in [0, 0.05) is 40.6 Å². The Kier molecular flexibility index (Phi) is 6.60. The molecule has 1 fully saturated rings. The standard InChI is InChI=1S/C22H22F3N5S/c23-22(24,25)31-18-8-4-7-17(13-18)27-20-14-19(15-9-11-26-12-10-15)29-21(30-20)28-16-5-2-1-3-6-16/h4,7-14,16H,1-3,5-6H2,(H2,27,28,29,30). The van der Waals surface area contributed by atoms with Crippen LogP contribution in [0.2, 0.25) is 0 Å². The van der Waals surface area contributed by atoms with Crippen molar-refractivity contribution in [3.8, 4) is 11.3 Å². The molecule has 4 rings (SSSR count). The van der Waals surface area contributed by atoms with Gasteiger partial charge in [-0.2, -0.15) is 18.2 Å². The van der Waals surface area contributed by atoms with Crippen LogP contribution in [0, 0.1) is 0 Å². The molecule has 2 aromatic heterocycles. The molecule has 31 heavy (non-hydrogen) atoms. The number of thioether (sulfide) groups is 1. The summed E-state index contributed by atoms with van der Waals surface area (Å²) in [5, 5.41) is 6.56. The Morgan fingerprint density at radius 2 is 1.71 bits per heavy atom. The molecule has 1 aliphatic rings. The zero-order valence-electron chi connectivity index (χ0n) is 16.7. The zero-order valence-corrected chi connectivity index (χ0v) is 17.5. The summed E-state index contributed by atoms with van der Waals surface area (Å²) in [6, 6.07) is 12.0. The number of benzene rings is 1. The van der Waals surface area contributed by atoms with Gasteiger partial charge in [-0.15, -0.1) is 0 Å². The lowest BCUT2D eigenvalue weighted by Gasteiger charge is -2.23. The van der Waals surface area contributed by atoms with Gasteiger partial charge in [-0.1, -0.05) is 25.3 Å². The van der Waals surface area contributed by atoms with Gasteiger partial charge < -0.3 is 10.6 Å². The van der Waals surface area contributed by atoms with Gasteiger partial charge in [0.1, 0.15) is 5.82 Å². The summed E-state index contributed by atoms with van der Waals surface area (Å²) in [7, 11) is 0. The molecule has 0 radical (unpaired) electrons. The van der Waals surface area contributed by atoms with Gasteiger partial charge in [-0.3, -0.25) is 4.98 Å². The quantitative estimate of drug-likeness (QED) is 0.415. The lowest BCUT2D eigenvalue weighted by Crippen LogP contribution is -2.23. The van der Waals surface area contributed by atoms with Crippen LogP contribution in [0.15, 0.2) is 59.8 Å². The highest BCUT2D eigenvalue weighted by Crippen LogP contribution is 2.38. The molecular weight excluding hydrogens is 423 g/mol. The van der Waals surface area contributed by atoms with Crippen LogP contribution >= 0.6 is 11.8 Å². The molecule has 0 saturated heterocycles. The highest BCUT2D eigenvalue weighted by atomic mass is 32.2. The molecule has 162 valence electrons. The highest BCUT2D eigenvalue weighted by Gasteiger charge is 2.29. The van der Waals surface area contributed by atoms with Crippen molar-refractivity contribution in [3.63, 3.8) is 0 Å². The van der Waals surface area contributed by atoms with Crippen molar-refractivity contribution in [2.45, 2.75) is 48.5 Å². The molecule has 0 unspecified atom stereocenters. The summed E-state index contributed by atoms with van der Waals surface area (Å²) in [5.74, 6) is 1.01. The Morgan fingerprint density at radius 1 is 0.935 bits per heavy atom. The van der Waals surface area contributed by atoms with Crippen LogP contribution in [0.25, 0.3) is 11.3 Å². The Balaban J connectivity index is 1.61. The smallest absolute Gasteiger partial charge is 0.351 e. The molecule has 0 spiro atoms. The van der Waals surface area contributed by atoms with E-state index in [1.807, 2.05) is 12.1 Å². The van der Waals surface area contributed by atoms with Crippen LogP contribution in [0.1, 0.15) is 32.1 Å². The predicted octanol–water partition coefficient (Wildman–Crippen LogP) is 6.64. The van der Waals surface area contributed by atoms with Gasteiger partial charge in [0.15, 0.2) is 0 Å². The number of rotatable bonds is 6. The van der Waals surface area contributed by atoms with Crippen LogP contribution in [-0.2, 0) is 0 Å². The Hall–Kier alpha value is -2.81. The fourth-order valence-corrected chi connectivity index (χ4v) is 4.19. The first-order valence-electron chi connectivity index (χ1n) is 10.1. The van der Waals surface area contributed by atoms with E-state index in [4.69, 9.17) is 0 Å². The van der Waals surface area contributed by atoms with E-state index >= 15 is 0 Å². The summed E-state index contributed by atoms with van der Waals surface area (Å²) in [4.78, 5) is 13.4. The maximum absolute atomic E-state index is 12.7. The normalized spacial score (nSPS) is 14.9. The number of hydrogen-bond donors (Lipinski definition) is 2. The Labute approximate surface area is 182 Å². The minimum absolute atomic E-state index is 0.112. The fraction of sp³-hybridized carbons (Fsp3) is 0.318. The summed E-state index contributed by atoms with van der Waals surface area (Å²) in [6.45, 7) is 0. The van der Waals surface area contributed by atoms with Crippen LogP contribution in [-0.4, -0.2) is 26.5 Å². The number of aromatic nitrogens is 3. The van der Waals surface area contributed by atoms with Gasteiger partial charge in [0.05, 0.1) is 5.69 Å². The largest absolute Gasteiger partial charge is 0.446 e. The molecule has 0 bridgehead atoms. The van der Waals surface area contributed by atoms with Gasteiger partial charge in [0.2, 0.25) is 5.95 Å². The number of halogens is 3. The molecule has 1 aliphatic carbocycles. The first-order valence-corrected chi connectivity index (χ1v) is 11.0. The van der Waals surface area contributed by atoms with Crippen LogP contribution in [0.3, 0.4) is 0 Å². The molecule has 0 aliphatic heterocycles. The second-order valence-corrected chi connectivity index (χ2v) is 8.52. The zero-order chi connectivity index (χ0) is 21.7. The van der Waals surface area contributed by atoms with Crippen molar-refractivity contribution < 1.29 is 13.2 Å². The molecule has 0 amide bonds. The number of alkyl halides is 3. The third-order valence-electron chi connectivity index (χ3n) is 4.98. The molecule has 2 N–H and O–H groups in total. The summed E-state index contributed by atoms with van der Waals surface area (Å²) in [6.07, 6.45) is 9.13. The monoisotopic (exact) mass is 445 g/mol. The van der Waals surface area contributed by atoms with E-state index in [1.54, 1.807) is 30.6 Å². The lowest BCUT2D eigenvalue weighted by atomic mass is 9.96. The summed E-state index contributed by atoms with van der Waals surface area (Å²) in [5.41, 5.74) is -2.22. The van der Waals surface area contributed by atoms with Crippen molar-refractivity contribution in [2.75, 3.05) is 10.6 Å². The second-order valence-electron chi connectivity index (χ2n) is 7.38. The van der Waals surface area contributed by atoms with E-state index in [0.717, 1.165) is 18.4 Å². The number of nitrogens with zero attached hydrogens (tertiary/aromatic N) is 3. The number of hydrogen-bond acceptors (Lipinski definition) is 6. The number of nitrogens with one attached hydrogen (secondary N) is 2. The van der Waals surface area contributed by atoms with Crippen molar-refractivity contribution in [3.05, 3.63) is 54.9 Å². The van der Waals surface area contributed by atoms with E-state index in [-0.39, 0.29) is 16.7 Å². The fourth-order valence-electron chi connectivity index (χ4n) is 3.59. The van der Waals surface area contributed by atoms with Crippen LogP contribution in [0.4, 0.5) is 30.6 Å². The van der Waals surface area contributed by atoms with E-state index in [2.05, 4.69) is 25.6 Å². The topological polar surface area (TPSA) is 62.7 Å². The van der Waals surface area contributed by atoms with Crippen molar-refractivity contribution in [1.29, 1.82) is 0 Å². The van der Waals surface area contributed by atoms with Crippen molar-refractivity contribution in [2.24, 2.45) is 0 Å². The van der Waals surface area contributed by atoms with Gasteiger partial charge in [0.25, 0.3) is 0 Å². The minimum Gasteiger partial charge on any atom is -0.351 e. The summed E-state index contributed by atoms with van der Waals surface area (Å²) < 4.78 is 38.2. The molecule has 0 atom stereocenters. The van der Waals surface area contributed by atoms with Gasteiger partial charge in [-0.25, -0.2) is 4.98 Å². The summed E-state index contributed by atoms with van der Waals surface area (Å²) >= 11 is -0.140. The van der Waals surface area contributed by atoms with Crippen LogP contribution in [0.5, 0.6) is 0 Å². The van der Waals surface area contributed by atoms with Gasteiger partial charge >= 0.3 is 5.51 Å². The molecule has 1 saturated carbocycles. The molecular formula is C22H22F3N5S. The minimum atomic E-state index is -4.33. The van der Waals surface area contributed by atoms with E-state index in [0.29, 0.717) is 29.2 Å². The SMILES string of the molecule is FC(F)(F)Sc1cccc(Nc2cc(-c3ccncc3)nc(NC3CCCCC3)n2)c1. The average Bonchev–Trinajstić information content (AvgIpc) is 2.74. The van der Waals surface area contributed by atoms with Crippen molar-refractivity contribution >= 4 is 29.2 Å². The third kappa shape index (κ3) is 6.33. The van der Waals surface area contributed by atoms with E-state index in [9.17, 15) is 13.2 Å². The molecule has 1 aromatic carbocycles. The average molecular weight is 446 g/mol. The van der Waals surface area contributed by atoms with Gasteiger partial charge in [-0.05, 0) is 54.9 Å². The van der Waals surface area contributed by atoms with E-state index in [1.165, 1.54) is 31.4 Å². The maximum Gasteiger partial charge on any atom is 0.446 e. The molecule has 9 heteroatoms. The highest BCUT2D eigenvalue weighted by molar-refractivity contribution is 8.00. The van der Waals surface area contributed by atoms with E-state index < -0.39 is 5.51 Å². The molecule has 3 aromatic rings. The first-order chi connectivity index (χ1) is 14.9. The lowest BCUT2D eigenvalue weighted by molar-refractivity contribution is -0.0328. The molecule has 5 nitrogen and oxygen atoms in total. The predicted molar refractivity (Wildman–Crippen MR) is 117 cm³/mol. The van der Waals surface area contributed by atoms with Crippen LogP contribution < -0.4 is 10.6 Å². The maximum atomic E-state index is 12.7. The third-order valence-corrected chi connectivity index (χ3v) is 5.70. The Morgan fingerprint density at radius 3 is 2.45 bits per heavy atom.